The Labute approximate surface area is 85.6 Å². The molecule has 1 aromatic heterocycles. The van der Waals surface area contributed by atoms with E-state index in [9.17, 15) is 0 Å². The minimum atomic E-state index is 0.0516. The van der Waals surface area contributed by atoms with Crippen LogP contribution in [0.3, 0.4) is 0 Å². The molecule has 76 valence electrons. The van der Waals surface area contributed by atoms with Crippen LogP contribution in [0.2, 0.25) is 0 Å². The van der Waals surface area contributed by atoms with Crippen LogP contribution in [0.4, 0.5) is 5.82 Å². The first-order chi connectivity index (χ1) is 6.41. The van der Waals surface area contributed by atoms with Crippen molar-refractivity contribution in [3.05, 3.63) is 22.7 Å². The van der Waals surface area contributed by atoms with Gasteiger partial charge in [0.1, 0.15) is 0 Å². The molecule has 0 amide bonds. The highest BCUT2D eigenvalue weighted by Crippen LogP contribution is 2.31. The minimum Gasteiger partial charge on any atom is -0.359 e. The van der Waals surface area contributed by atoms with Gasteiger partial charge in [0, 0.05) is 11.0 Å². The molecule has 0 aliphatic rings. The molecule has 0 unspecified atom stereocenters. The average Bonchev–Trinajstić information content (AvgIpc) is 2.40. The van der Waals surface area contributed by atoms with Crippen LogP contribution < -0.4 is 0 Å². The van der Waals surface area contributed by atoms with Crippen LogP contribution in [0.5, 0.6) is 0 Å². The number of aromatic nitrogens is 2. The third-order valence-electron chi connectivity index (χ3n) is 2.28. The molecular weight excluding hydrogens is 174 g/mol. The van der Waals surface area contributed by atoms with Crippen LogP contribution in [0, 0.1) is 13.5 Å². The maximum absolute atomic E-state index is 7.02. The van der Waals surface area contributed by atoms with E-state index in [1.54, 1.807) is 0 Å². The Morgan fingerprint density at radius 2 is 2.00 bits per heavy atom. The Balaban J connectivity index is 3.42. The molecule has 1 aromatic rings. The second kappa shape index (κ2) is 3.45. The lowest BCUT2D eigenvalue weighted by Gasteiger charge is -2.19. The van der Waals surface area contributed by atoms with Crippen molar-refractivity contribution in [1.29, 1.82) is 0 Å². The van der Waals surface area contributed by atoms with Gasteiger partial charge < -0.3 is 4.85 Å². The summed E-state index contributed by atoms with van der Waals surface area (Å²) in [7, 11) is 0. The fourth-order valence-electron chi connectivity index (χ4n) is 1.82. The van der Waals surface area contributed by atoms with Crippen molar-refractivity contribution >= 4 is 5.82 Å². The molecule has 0 saturated heterocycles. The summed E-state index contributed by atoms with van der Waals surface area (Å²) in [5.74, 6) is 0.539. The topological polar surface area (TPSA) is 22.2 Å². The van der Waals surface area contributed by atoms with Crippen molar-refractivity contribution in [1.82, 2.24) is 9.78 Å². The van der Waals surface area contributed by atoms with Crippen molar-refractivity contribution in [3.8, 4) is 0 Å². The highest BCUT2D eigenvalue weighted by molar-refractivity contribution is 5.48. The summed E-state index contributed by atoms with van der Waals surface area (Å²) < 4.78 is 1.93. The van der Waals surface area contributed by atoms with Gasteiger partial charge in [0.2, 0.25) is 0 Å². The molecule has 14 heavy (non-hydrogen) atoms. The van der Waals surface area contributed by atoms with Crippen LogP contribution in [0.1, 0.15) is 39.0 Å². The molecule has 0 fully saturated rings. The second-order valence-corrected chi connectivity index (χ2v) is 4.47. The molecule has 0 N–H and O–H groups in total. The number of aryl methyl sites for hydroxylation is 1. The molecule has 1 heterocycles. The Kier molecular flexibility index (Phi) is 2.66. The molecule has 1 rings (SSSR count). The van der Waals surface area contributed by atoms with Gasteiger partial charge >= 0.3 is 0 Å². The zero-order valence-electron chi connectivity index (χ0n) is 9.55. The van der Waals surface area contributed by atoms with E-state index >= 15 is 0 Å². The first-order valence-electron chi connectivity index (χ1n) is 4.87. The summed E-state index contributed by atoms with van der Waals surface area (Å²) in [6, 6.07) is 0. The molecule has 3 nitrogen and oxygen atoms in total. The van der Waals surface area contributed by atoms with Crippen molar-refractivity contribution in [2.75, 3.05) is 0 Å². The predicted molar refractivity (Wildman–Crippen MR) is 57.6 cm³/mol. The minimum absolute atomic E-state index is 0.0516. The van der Waals surface area contributed by atoms with E-state index in [1.807, 2.05) is 11.6 Å². The molecule has 0 aromatic carbocycles. The Bertz CT molecular complexity index is 374. The Morgan fingerprint density at radius 1 is 1.43 bits per heavy atom. The number of rotatable bonds is 1. The van der Waals surface area contributed by atoms with Gasteiger partial charge in [0.05, 0.1) is 12.2 Å². The summed E-state index contributed by atoms with van der Waals surface area (Å²) in [5.41, 5.74) is 2.25. The Hall–Kier alpha value is -1.30. The van der Waals surface area contributed by atoms with Gasteiger partial charge in [-0.2, -0.15) is 4.68 Å². The van der Waals surface area contributed by atoms with Gasteiger partial charge in [0.15, 0.2) is 0 Å². The monoisotopic (exact) mass is 191 g/mol. The normalized spacial score (nSPS) is 11.4. The van der Waals surface area contributed by atoms with Gasteiger partial charge in [-0.15, -0.1) is 0 Å². The molecule has 0 aliphatic heterocycles. The fourth-order valence-corrected chi connectivity index (χ4v) is 1.82. The van der Waals surface area contributed by atoms with E-state index in [2.05, 4.69) is 37.6 Å². The molecule has 0 spiro atoms. The van der Waals surface area contributed by atoms with E-state index in [0.717, 1.165) is 12.1 Å². The lowest BCUT2D eigenvalue weighted by molar-refractivity contribution is 0.496. The lowest BCUT2D eigenvalue weighted by Crippen LogP contribution is -2.19. The van der Waals surface area contributed by atoms with Gasteiger partial charge in [-0.1, -0.05) is 27.3 Å². The summed E-state index contributed by atoms with van der Waals surface area (Å²) in [6.07, 6.45) is 0. The largest absolute Gasteiger partial charge is 0.359 e. The average molecular weight is 191 g/mol. The van der Waals surface area contributed by atoms with Crippen LogP contribution in [0.15, 0.2) is 0 Å². The first kappa shape index (κ1) is 10.8. The van der Waals surface area contributed by atoms with E-state index in [0.29, 0.717) is 5.82 Å². The van der Waals surface area contributed by atoms with Crippen molar-refractivity contribution in [2.24, 2.45) is 0 Å². The number of hydrogen-bond donors (Lipinski definition) is 0. The standard InChI is InChI=1S/C11H17N3/c1-7-14-9(11(3,4)5)8(2)10(12-6)13-14/h7H2,1-5H3. The molecular formula is C11H17N3. The zero-order valence-corrected chi connectivity index (χ0v) is 9.55. The van der Waals surface area contributed by atoms with Crippen LogP contribution in [-0.4, -0.2) is 9.78 Å². The number of hydrogen-bond acceptors (Lipinski definition) is 1. The van der Waals surface area contributed by atoms with Gasteiger partial charge in [0.25, 0.3) is 5.82 Å². The smallest absolute Gasteiger partial charge is 0.298 e. The van der Waals surface area contributed by atoms with Crippen molar-refractivity contribution in [2.45, 2.75) is 46.6 Å². The molecule has 0 bridgehead atoms. The SMILES string of the molecule is [C-]#[N+]c1nn(CC)c(C(C)(C)C)c1C. The second-order valence-electron chi connectivity index (χ2n) is 4.47. The molecule has 0 saturated carbocycles. The summed E-state index contributed by atoms with van der Waals surface area (Å²) in [4.78, 5) is 3.43. The zero-order chi connectivity index (χ0) is 10.9. The van der Waals surface area contributed by atoms with E-state index in [1.165, 1.54) is 5.69 Å². The van der Waals surface area contributed by atoms with Crippen LogP contribution >= 0.6 is 0 Å². The predicted octanol–water partition coefficient (Wildman–Crippen LogP) is 3.06. The lowest BCUT2D eigenvalue weighted by atomic mass is 9.89. The van der Waals surface area contributed by atoms with Gasteiger partial charge in [-0.05, 0) is 18.9 Å². The fraction of sp³-hybridized carbons (Fsp3) is 0.636. The third kappa shape index (κ3) is 1.65. The van der Waals surface area contributed by atoms with E-state index < -0.39 is 0 Å². The maximum Gasteiger partial charge on any atom is 0.298 e. The first-order valence-corrected chi connectivity index (χ1v) is 4.87. The summed E-state index contributed by atoms with van der Waals surface area (Å²) in [5, 5.41) is 4.28. The van der Waals surface area contributed by atoms with Gasteiger partial charge in [-0.25, -0.2) is 0 Å². The quantitative estimate of drug-likeness (QED) is 0.625. The number of nitrogens with zero attached hydrogens (tertiary/aromatic N) is 3. The van der Waals surface area contributed by atoms with Crippen LogP contribution in [0.25, 0.3) is 4.85 Å². The summed E-state index contributed by atoms with van der Waals surface area (Å²) >= 11 is 0. The molecule has 0 atom stereocenters. The van der Waals surface area contributed by atoms with Gasteiger partial charge in [-0.3, -0.25) is 0 Å². The van der Waals surface area contributed by atoms with Crippen LogP contribution in [-0.2, 0) is 12.0 Å². The van der Waals surface area contributed by atoms with E-state index in [-0.39, 0.29) is 5.41 Å². The molecule has 0 aliphatic carbocycles. The van der Waals surface area contributed by atoms with E-state index in [4.69, 9.17) is 6.57 Å². The molecule has 3 heteroatoms. The molecule has 0 radical (unpaired) electrons. The Morgan fingerprint density at radius 3 is 2.29 bits per heavy atom. The third-order valence-corrected chi connectivity index (χ3v) is 2.28. The van der Waals surface area contributed by atoms with Crippen molar-refractivity contribution < 1.29 is 0 Å². The maximum atomic E-state index is 7.02. The highest BCUT2D eigenvalue weighted by Gasteiger charge is 2.25. The summed E-state index contributed by atoms with van der Waals surface area (Å²) in [6.45, 7) is 18.3. The van der Waals surface area contributed by atoms with Crippen molar-refractivity contribution in [3.63, 3.8) is 0 Å². The highest BCUT2D eigenvalue weighted by atomic mass is 15.3.